The van der Waals surface area contributed by atoms with Crippen LogP contribution in [0.1, 0.15) is 17.4 Å². The molecule has 0 aliphatic heterocycles. The Hall–Kier alpha value is -1.66. The number of Topliss-reactive ketones (excluding diaryl/α,β-unsaturated/α-hetero) is 1. The van der Waals surface area contributed by atoms with Crippen molar-refractivity contribution in [3.63, 3.8) is 0 Å². The molecule has 0 aromatic carbocycles. The Morgan fingerprint density at radius 3 is 2.65 bits per heavy atom. The summed E-state index contributed by atoms with van der Waals surface area (Å²) < 4.78 is 9.52. The molecule has 1 aromatic heterocycles. The number of methoxy groups -OCH3 is 1. The van der Waals surface area contributed by atoms with E-state index in [0.29, 0.717) is 0 Å². The highest BCUT2D eigenvalue weighted by atomic mass is 35.5. The van der Waals surface area contributed by atoms with Crippen LogP contribution in [-0.4, -0.2) is 30.1 Å². The average Bonchev–Trinajstić information content (AvgIpc) is 2.29. The molecular weight excluding hydrogens is 248 g/mol. The number of nitrogens with two attached hydrogens (primary N) is 1. The van der Waals surface area contributed by atoms with Gasteiger partial charge in [-0.15, -0.1) is 0 Å². The van der Waals surface area contributed by atoms with E-state index in [-0.39, 0.29) is 16.6 Å². The molecule has 0 aliphatic carbocycles. The standard InChI is InChI=1S/C10H11ClN2O4/c1-5(16-2)9(14)8-6(17-10(12)15)3-4-7(11)13-8/h3-5H,1-2H3,(H2,12,15). The van der Waals surface area contributed by atoms with Gasteiger partial charge < -0.3 is 15.2 Å². The summed E-state index contributed by atoms with van der Waals surface area (Å²) >= 11 is 5.67. The van der Waals surface area contributed by atoms with Gasteiger partial charge in [-0.05, 0) is 19.1 Å². The molecule has 1 unspecified atom stereocenters. The van der Waals surface area contributed by atoms with Crippen LogP contribution in [0, 0.1) is 0 Å². The number of ketones is 1. The number of hydrogen-bond donors (Lipinski definition) is 1. The zero-order valence-electron chi connectivity index (χ0n) is 9.27. The van der Waals surface area contributed by atoms with Gasteiger partial charge in [0.05, 0.1) is 0 Å². The van der Waals surface area contributed by atoms with Crippen molar-refractivity contribution in [1.29, 1.82) is 0 Å². The van der Waals surface area contributed by atoms with Crippen molar-refractivity contribution >= 4 is 23.5 Å². The van der Waals surface area contributed by atoms with Gasteiger partial charge in [0.15, 0.2) is 11.4 Å². The van der Waals surface area contributed by atoms with Gasteiger partial charge in [0.2, 0.25) is 5.78 Å². The van der Waals surface area contributed by atoms with Gasteiger partial charge >= 0.3 is 6.09 Å². The molecule has 0 radical (unpaired) electrons. The zero-order valence-corrected chi connectivity index (χ0v) is 10.0. The van der Waals surface area contributed by atoms with Gasteiger partial charge in [-0.1, -0.05) is 11.6 Å². The molecule has 0 saturated carbocycles. The van der Waals surface area contributed by atoms with Crippen LogP contribution in [-0.2, 0) is 4.74 Å². The van der Waals surface area contributed by atoms with E-state index < -0.39 is 18.0 Å². The smallest absolute Gasteiger partial charge is 0.408 e. The van der Waals surface area contributed by atoms with E-state index in [9.17, 15) is 9.59 Å². The third-order valence-electron chi connectivity index (χ3n) is 1.99. The summed E-state index contributed by atoms with van der Waals surface area (Å²) in [5.41, 5.74) is 4.78. The quantitative estimate of drug-likeness (QED) is 0.651. The Kier molecular flexibility index (Phi) is 4.42. The maximum absolute atomic E-state index is 11.9. The van der Waals surface area contributed by atoms with Crippen LogP contribution < -0.4 is 10.5 Å². The summed E-state index contributed by atoms with van der Waals surface area (Å²) in [5.74, 6) is -0.498. The number of halogens is 1. The number of primary amides is 1. The number of carbonyl (C=O) groups excluding carboxylic acids is 2. The third kappa shape index (κ3) is 3.40. The van der Waals surface area contributed by atoms with Crippen molar-refractivity contribution in [2.45, 2.75) is 13.0 Å². The topological polar surface area (TPSA) is 91.5 Å². The number of hydrogen-bond acceptors (Lipinski definition) is 5. The summed E-state index contributed by atoms with van der Waals surface area (Å²) in [7, 11) is 1.38. The minimum absolute atomic E-state index is 0.0456. The lowest BCUT2D eigenvalue weighted by Crippen LogP contribution is -2.23. The van der Waals surface area contributed by atoms with Gasteiger partial charge in [0.1, 0.15) is 11.3 Å². The van der Waals surface area contributed by atoms with Crippen molar-refractivity contribution in [2.75, 3.05) is 7.11 Å². The number of rotatable bonds is 4. The zero-order chi connectivity index (χ0) is 13.0. The summed E-state index contributed by atoms with van der Waals surface area (Å²) in [6.45, 7) is 1.54. The molecule has 2 N–H and O–H groups in total. The van der Waals surface area contributed by atoms with Crippen LogP contribution in [0.2, 0.25) is 5.15 Å². The molecule has 7 heteroatoms. The van der Waals surface area contributed by atoms with Crippen LogP contribution in [0.25, 0.3) is 0 Å². The van der Waals surface area contributed by atoms with Crippen LogP contribution in [0.15, 0.2) is 12.1 Å². The SMILES string of the molecule is COC(C)C(=O)c1nc(Cl)ccc1OC(N)=O. The summed E-state index contributed by atoms with van der Waals surface area (Å²) in [4.78, 5) is 26.3. The molecule has 1 amide bonds. The predicted molar refractivity (Wildman–Crippen MR) is 60.3 cm³/mol. The first-order valence-corrected chi connectivity index (χ1v) is 5.04. The molecule has 17 heavy (non-hydrogen) atoms. The fourth-order valence-electron chi connectivity index (χ4n) is 1.09. The van der Waals surface area contributed by atoms with E-state index in [4.69, 9.17) is 22.1 Å². The lowest BCUT2D eigenvalue weighted by molar-refractivity contribution is 0.0648. The van der Waals surface area contributed by atoms with Crippen molar-refractivity contribution in [3.8, 4) is 5.75 Å². The Morgan fingerprint density at radius 1 is 1.47 bits per heavy atom. The average molecular weight is 259 g/mol. The lowest BCUT2D eigenvalue weighted by Gasteiger charge is -2.11. The maximum atomic E-state index is 11.9. The minimum atomic E-state index is -1.03. The largest absolute Gasteiger partial charge is 0.410 e. The summed E-state index contributed by atoms with van der Waals surface area (Å²) in [5, 5.41) is 0.105. The molecule has 6 nitrogen and oxygen atoms in total. The molecule has 1 rings (SSSR count). The highest BCUT2D eigenvalue weighted by Gasteiger charge is 2.22. The fraction of sp³-hybridized carbons (Fsp3) is 0.300. The maximum Gasteiger partial charge on any atom is 0.410 e. The second-order valence-electron chi connectivity index (χ2n) is 3.14. The number of pyridine rings is 1. The first-order chi connectivity index (χ1) is 7.95. The lowest BCUT2D eigenvalue weighted by atomic mass is 10.1. The molecule has 92 valence electrons. The number of aromatic nitrogens is 1. The van der Waals surface area contributed by atoms with E-state index in [2.05, 4.69) is 9.72 Å². The second-order valence-corrected chi connectivity index (χ2v) is 3.53. The van der Waals surface area contributed by atoms with Crippen molar-refractivity contribution < 1.29 is 19.1 Å². The molecule has 0 spiro atoms. The molecular formula is C10H11ClN2O4. The molecule has 0 fully saturated rings. The number of ether oxygens (including phenoxy) is 2. The predicted octanol–water partition coefficient (Wildman–Crippen LogP) is 1.41. The number of nitrogens with zero attached hydrogens (tertiary/aromatic N) is 1. The molecule has 0 bridgehead atoms. The fourth-order valence-corrected chi connectivity index (χ4v) is 1.24. The van der Waals surface area contributed by atoms with Gasteiger partial charge in [-0.3, -0.25) is 4.79 Å². The third-order valence-corrected chi connectivity index (χ3v) is 2.20. The van der Waals surface area contributed by atoms with Gasteiger partial charge in [-0.25, -0.2) is 9.78 Å². The Bertz CT molecular complexity index is 450. The molecule has 1 atom stereocenters. The van der Waals surface area contributed by atoms with Crippen molar-refractivity contribution in [1.82, 2.24) is 4.98 Å². The normalized spacial score (nSPS) is 11.9. The van der Waals surface area contributed by atoms with Crippen LogP contribution in [0.5, 0.6) is 5.75 Å². The Balaban J connectivity index is 3.14. The van der Waals surface area contributed by atoms with Crippen LogP contribution in [0.3, 0.4) is 0 Å². The van der Waals surface area contributed by atoms with Gasteiger partial charge in [-0.2, -0.15) is 0 Å². The van der Waals surface area contributed by atoms with Gasteiger partial charge in [0.25, 0.3) is 0 Å². The van der Waals surface area contributed by atoms with E-state index in [1.807, 2.05) is 0 Å². The molecule has 0 saturated heterocycles. The van der Waals surface area contributed by atoms with Gasteiger partial charge in [0, 0.05) is 7.11 Å². The van der Waals surface area contributed by atoms with E-state index in [1.54, 1.807) is 6.92 Å². The molecule has 1 aromatic rings. The number of amides is 1. The van der Waals surface area contributed by atoms with E-state index in [1.165, 1.54) is 19.2 Å². The highest BCUT2D eigenvalue weighted by Crippen LogP contribution is 2.21. The summed E-state index contributed by atoms with van der Waals surface area (Å²) in [6, 6.07) is 2.73. The molecule has 1 heterocycles. The first-order valence-electron chi connectivity index (χ1n) is 4.66. The molecule has 0 aliphatic rings. The summed E-state index contributed by atoms with van der Waals surface area (Å²) in [6.07, 6.45) is -1.76. The van der Waals surface area contributed by atoms with Crippen LogP contribution >= 0.6 is 11.6 Å². The Labute approximate surface area is 103 Å². The number of carbonyl (C=O) groups is 2. The Morgan fingerprint density at radius 2 is 2.12 bits per heavy atom. The monoisotopic (exact) mass is 258 g/mol. The minimum Gasteiger partial charge on any atom is -0.408 e. The highest BCUT2D eigenvalue weighted by molar-refractivity contribution is 6.29. The first kappa shape index (κ1) is 13.4. The van der Waals surface area contributed by atoms with E-state index in [0.717, 1.165) is 0 Å². The van der Waals surface area contributed by atoms with E-state index >= 15 is 0 Å². The second kappa shape index (κ2) is 5.60. The van der Waals surface area contributed by atoms with Crippen LogP contribution in [0.4, 0.5) is 4.79 Å². The van der Waals surface area contributed by atoms with Crippen molar-refractivity contribution in [2.24, 2.45) is 5.73 Å². The van der Waals surface area contributed by atoms with Crippen molar-refractivity contribution in [3.05, 3.63) is 23.0 Å².